The molecule has 0 aliphatic rings. The normalized spacial score (nSPS) is 11.4. The molecule has 1 N–H and O–H groups in total. The van der Waals surface area contributed by atoms with Gasteiger partial charge in [-0.15, -0.1) is 0 Å². The van der Waals surface area contributed by atoms with Gasteiger partial charge in [0.15, 0.2) is 0 Å². The van der Waals surface area contributed by atoms with Crippen LogP contribution in [0.1, 0.15) is 25.3 Å². The highest BCUT2D eigenvalue weighted by Gasteiger charge is 2.09. The molecular formula is C16H15FN2O. The summed E-state index contributed by atoms with van der Waals surface area (Å²) in [5.74, 6) is 0.0823. The van der Waals surface area contributed by atoms with Gasteiger partial charge in [0.25, 0.3) is 0 Å². The van der Waals surface area contributed by atoms with Crippen LogP contribution in [-0.2, 0) is 0 Å². The number of halogens is 1. The highest BCUT2D eigenvalue weighted by molar-refractivity contribution is 5.77. The molecule has 0 amide bonds. The molecule has 0 unspecified atom stereocenters. The molecule has 0 aliphatic heterocycles. The predicted molar refractivity (Wildman–Crippen MR) is 77.9 cm³/mol. The summed E-state index contributed by atoms with van der Waals surface area (Å²) >= 11 is 0. The molecule has 0 saturated carbocycles. The molecule has 4 heteroatoms. The number of fused-ring (bicyclic) bond motifs is 1. The minimum Gasteiger partial charge on any atom is -0.305 e. The van der Waals surface area contributed by atoms with Crippen molar-refractivity contribution in [2.45, 2.75) is 19.8 Å². The average Bonchev–Trinajstić information content (AvgIpc) is 2.73. The van der Waals surface area contributed by atoms with Gasteiger partial charge in [-0.3, -0.25) is 4.57 Å². The first-order valence-corrected chi connectivity index (χ1v) is 6.57. The van der Waals surface area contributed by atoms with Crippen molar-refractivity contribution in [1.29, 1.82) is 0 Å². The Kier molecular flexibility index (Phi) is 2.93. The fraction of sp³-hybridized carbons (Fsp3) is 0.188. The third kappa shape index (κ3) is 2.03. The molecule has 0 aliphatic carbocycles. The summed E-state index contributed by atoms with van der Waals surface area (Å²) in [4.78, 5) is 14.7. The monoisotopic (exact) mass is 270 g/mol. The quantitative estimate of drug-likeness (QED) is 0.759. The summed E-state index contributed by atoms with van der Waals surface area (Å²) in [7, 11) is 0. The molecule has 1 aromatic heterocycles. The zero-order valence-corrected chi connectivity index (χ0v) is 11.4. The number of nitrogens with zero attached hydrogens (tertiary/aromatic N) is 1. The molecule has 0 radical (unpaired) electrons. The van der Waals surface area contributed by atoms with Crippen LogP contribution in [0.5, 0.6) is 0 Å². The molecule has 3 nitrogen and oxygen atoms in total. The summed E-state index contributed by atoms with van der Waals surface area (Å²) in [6.45, 7) is 4.24. The minimum atomic E-state index is -0.360. The van der Waals surface area contributed by atoms with Crippen LogP contribution in [0.2, 0.25) is 0 Å². The number of rotatable bonds is 2. The summed E-state index contributed by atoms with van der Waals surface area (Å²) in [5.41, 5.74) is 2.91. The SMILES string of the molecule is CC(C)c1ccc(-n2c(=O)[nH]c3cc(F)ccc32)cc1. The summed E-state index contributed by atoms with van der Waals surface area (Å²) < 4.78 is 14.7. The van der Waals surface area contributed by atoms with Gasteiger partial charge in [-0.1, -0.05) is 26.0 Å². The van der Waals surface area contributed by atoms with Gasteiger partial charge in [0, 0.05) is 0 Å². The molecule has 0 fully saturated rings. The Bertz CT molecular complexity index is 813. The van der Waals surface area contributed by atoms with E-state index in [1.165, 1.54) is 17.7 Å². The summed E-state index contributed by atoms with van der Waals surface area (Å²) in [5, 5.41) is 0. The van der Waals surface area contributed by atoms with Gasteiger partial charge >= 0.3 is 5.69 Å². The Hall–Kier alpha value is -2.36. The van der Waals surface area contributed by atoms with E-state index in [0.717, 1.165) is 5.69 Å². The van der Waals surface area contributed by atoms with Crippen molar-refractivity contribution in [3.63, 3.8) is 0 Å². The second-order valence-corrected chi connectivity index (χ2v) is 5.17. The van der Waals surface area contributed by atoms with Crippen LogP contribution < -0.4 is 5.69 Å². The van der Waals surface area contributed by atoms with E-state index in [4.69, 9.17) is 0 Å². The van der Waals surface area contributed by atoms with E-state index < -0.39 is 0 Å². The number of hydrogen-bond donors (Lipinski definition) is 1. The van der Waals surface area contributed by atoms with Gasteiger partial charge < -0.3 is 4.98 Å². The lowest BCUT2D eigenvalue weighted by atomic mass is 10.0. The van der Waals surface area contributed by atoms with Crippen LogP contribution in [0.25, 0.3) is 16.7 Å². The average molecular weight is 270 g/mol. The Balaban J connectivity index is 2.19. The maximum atomic E-state index is 13.2. The van der Waals surface area contributed by atoms with Crippen molar-refractivity contribution in [3.05, 3.63) is 64.3 Å². The number of imidazole rings is 1. The second-order valence-electron chi connectivity index (χ2n) is 5.17. The standard InChI is InChI=1S/C16H15FN2O/c1-10(2)11-3-6-13(7-4-11)19-15-8-5-12(17)9-14(15)18-16(19)20/h3-10H,1-2H3,(H,18,20). The Morgan fingerprint density at radius 2 is 1.80 bits per heavy atom. The third-order valence-corrected chi connectivity index (χ3v) is 3.46. The topological polar surface area (TPSA) is 37.8 Å². The maximum Gasteiger partial charge on any atom is 0.331 e. The van der Waals surface area contributed by atoms with Crippen LogP contribution in [0.15, 0.2) is 47.3 Å². The minimum absolute atomic E-state index is 0.261. The lowest BCUT2D eigenvalue weighted by Gasteiger charge is -2.07. The van der Waals surface area contributed by atoms with Gasteiger partial charge in [0.05, 0.1) is 16.7 Å². The largest absolute Gasteiger partial charge is 0.331 e. The number of aromatic nitrogens is 2. The van der Waals surface area contributed by atoms with Crippen molar-refractivity contribution in [3.8, 4) is 5.69 Å². The summed E-state index contributed by atoms with van der Waals surface area (Å²) in [6, 6.07) is 12.1. The molecule has 3 aromatic rings. The van der Waals surface area contributed by atoms with E-state index in [1.807, 2.05) is 24.3 Å². The molecule has 0 saturated heterocycles. The van der Waals surface area contributed by atoms with Gasteiger partial charge in [-0.25, -0.2) is 9.18 Å². The molecule has 3 rings (SSSR count). The first-order chi connectivity index (χ1) is 9.56. The number of nitrogens with one attached hydrogen (secondary N) is 1. The maximum absolute atomic E-state index is 13.2. The summed E-state index contributed by atoms with van der Waals surface area (Å²) in [6.07, 6.45) is 0. The smallest absolute Gasteiger partial charge is 0.305 e. The van der Waals surface area contributed by atoms with Crippen molar-refractivity contribution in [1.82, 2.24) is 9.55 Å². The molecule has 2 aromatic carbocycles. The van der Waals surface area contributed by atoms with Crippen LogP contribution in [-0.4, -0.2) is 9.55 Å². The third-order valence-electron chi connectivity index (χ3n) is 3.46. The van der Waals surface area contributed by atoms with Gasteiger partial charge in [-0.05, 0) is 41.8 Å². The van der Waals surface area contributed by atoms with Crippen molar-refractivity contribution < 1.29 is 4.39 Å². The fourth-order valence-corrected chi connectivity index (χ4v) is 2.35. The van der Waals surface area contributed by atoms with Gasteiger partial charge in [0.1, 0.15) is 5.82 Å². The van der Waals surface area contributed by atoms with Crippen molar-refractivity contribution in [2.75, 3.05) is 0 Å². The van der Waals surface area contributed by atoms with E-state index in [-0.39, 0.29) is 11.5 Å². The molecule has 0 bridgehead atoms. The lowest BCUT2D eigenvalue weighted by Crippen LogP contribution is -2.14. The fourth-order valence-electron chi connectivity index (χ4n) is 2.35. The second kappa shape index (κ2) is 4.63. The predicted octanol–water partition coefficient (Wildman–Crippen LogP) is 3.58. The molecule has 20 heavy (non-hydrogen) atoms. The van der Waals surface area contributed by atoms with Crippen molar-refractivity contribution in [2.24, 2.45) is 0 Å². The molecule has 0 spiro atoms. The molecule has 1 heterocycles. The van der Waals surface area contributed by atoms with Gasteiger partial charge in [-0.2, -0.15) is 0 Å². The first kappa shape index (κ1) is 12.7. The molecule has 102 valence electrons. The van der Waals surface area contributed by atoms with Crippen LogP contribution in [0.3, 0.4) is 0 Å². The van der Waals surface area contributed by atoms with Gasteiger partial charge in [0.2, 0.25) is 0 Å². The molecule has 0 atom stereocenters. The highest BCUT2D eigenvalue weighted by Crippen LogP contribution is 2.19. The molecular weight excluding hydrogens is 255 g/mol. The van der Waals surface area contributed by atoms with E-state index in [1.54, 1.807) is 10.6 Å². The Morgan fingerprint density at radius 1 is 1.10 bits per heavy atom. The Morgan fingerprint density at radius 3 is 2.45 bits per heavy atom. The lowest BCUT2D eigenvalue weighted by molar-refractivity contribution is 0.629. The Labute approximate surface area is 115 Å². The van der Waals surface area contributed by atoms with E-state index in [2.05, 4.69) is 18.8 Å². The van der Waals surface area contributed by atoms with E-state index in [0.29, 0.717) is 17.0 Å². The van der Waals surface area contributed by atoms with Crippen LogP contribution in [0, 0.1) is 5.82 Å². The number of H-pyrrole nitrogens is 1. The first-order valence-electron chi connectivity index (χ1n) is 6.57. The van der Waals surface area contributed by atoms with E-state index >= 15 is 0 Å². The highest BCUT2D eigenvalue weighted by atomic mass is 19.1. The zero-order valence-electron chi connectivity index (χ0n) is 11.4. The number of aromatic amines is 1. The van der Waals surface area contributed by atoms with E-state index in [9.17, 15) is 9.18 Å². The van der Waals surface area contributed by atoms with Crippen LogP contribution >= 0.6 is 0 Å². The number of benzene rings is 2. The number of hydrogen-bond acceptors (Lipinski definition) is 1. The van der Waals surface area contributed by atoms with Crippen LogP contribution in [0.4, 0.5) is 4.39 Å². The van der Waals surface area contributed by atoms with Crippen molar-refractivity contribution >= 4 is 11.0 Å². The zero-order chi connectivity index (χ0) is 14.3.